The summed E-state index contributed by atoms with van der Waals surface area (Å²) in [5, 5.41) is 3.04. The Morgan fingerprint density at radius 2 is 1.84 bits per heavy atom. The fraction of sp³-hybridized carbons (Fsp3) is 0.350. The number of benzene rings is 2. The van der Waals surface area contributed by atoms with Crippen LogP contribution < -0.4 is 19.5 Å². The van der Waals surface area contributed by atoms with E-state index in [1.165, 1.54) is 0 Å². The molecule has 1 aliphatic heterocycles. The van der Waals surface area contributed by atoms with Gasteiger partial charge in [0.2, 0.25) is 5.91 Å². The Balaban J connectivity index is 1.53. The Labute approximate surface area is 147 Å². The number of fused-ring (bicyclic) bond motifs is 1. The number of rotatable bonds is 6. The summed E-state index contributed by atoms with van der Waals surface area (Å²) in [6.45, 7) is 3.10. The number of aryl methyl sites for hydroxylation is 1. The maximum Gasteiger partial charge on any atom is 0.220 e. The molecule has 1 unspecified atom stereocenters. The van der Waals surface area contributed by atoms with Gasteiger partial charge in [-0.25, -0.2) is 0 Å². The monoisotopic (exact) mass is 341 g/mol. The summed E-state index contributed by atoms with van der Waals surface area (Å²) >= 11 is 0. The van der Waals surface area contributed by atoms with Gasteiger partial charge in [-0.05, 0) is 48.7 Å². The number of methoxy groups -OCH3 is 1. The molecule has 1 aliphatic rings. The average Bonchev–Trinajstić information content (AvgIpc) is 2.66. The van der Waals surface area contributed by atoms with Crippen LogP contribution in [0.3, 0.4) is 0 Å². The molecule has 1 heterocycles. The summed E-state index contributed by atoms with van der Waals surface area (Å²) in [7, 11) is 1.64. The largest absolute Gasteiger partial charge is 0.497 e. The van der Waals surface area contributed by atoms with E-state index in [-0.39, 0.29) is 11.9 Å². The number of carbonyl (C=O) groups excluding carboxylic acids is 1. The Morgan fingerprint density at radius 1 is 1.12 bits per heavy atom. The van der Waals surface area contributed by atoms with E-state index in [0.29, 0.717) is 26.1 Å². The lowest BCUT2D eigenvalue weighted by atomic mass is 10.1. The molecule has 0 fully saturated rings. The van der Waals surface area contributed by atoms with Gasteiger partial charge in [0.1, 0.15) is 19.0 Å². The van der Waals surface area contributed by atoms with E-state index in [1.807, 2.05) is 49.4 Å². The number of ether oxygens (including phenoxy) is 3. The molecule has 5 nitrogen and oxygen atoms in total. The zero-order valence-corrected chi connectivity index (χ0v) is 14.6. The molecule has 2 aromatic rings. The van der Waals surface area contributed by atoms with Gasteiger partial charge in [0.25, 0.3) is 0 Å². The Kier molecular flexibility index (Phi) is 5.43. The summed E-state index contributed by atoms with van der Waals surface area (Å²) in [6.07, 6.45) is 1.14. The first-order valence-corrected chi connectivity index (χ1v) is 8.47. The van der Waals surface area contributed by atoms with Crippen molar-refractivity contribution in [3.05, 3.63) is 53.6 Å². The molecule has 0 aromatic heterocycles. The lowest BCUT2D eigenvalue weighted by Gasteiger charge is -2.21. The van der Waals surface area contributed by atoms with Crippen molar-refractivity contribution in [2.75, 3.05) is 20.3 Å². The van der Waals surface area contributed by atoms with Crippen molar-refractivity contribution in [2.45, 2.75) is 25.8 Å². The van der Waals surface area contributed by atoms with E-state index in [2.05, 4.69) is 5.32 Å². The predicted octanol–water partition coefficient (Wildman–Crippen LogP) is 3.28. The molecular formula is C20H23NO4. The van der Waals surface area contributed by atoms with Crippen LogP contribution in [0.4, 0.5) is 0 Å². The van der Waals surface area contributed by atoms with E-state index in [9.17, 15) is 4.79 Å². The molecule has 25 heavy (non-hydrogen) atoms. The normalized spacial score (nSPS) is 13.8. The number of carbonyl (C=O) groups is 1. The number of hydrogen-bond donors (Lipinski definition) is 1. The summed E-state index contributed by atoms with van der Waals surface area (Å²) in [5.74, 6) is 2.34. The molecule has 3 rings (SSSR count). The third-order valence-corrected chi connectivity index (χ3v) is 4.24. The fourth-order valence-corrected chi connectivity index (χ4v) is 2.78. The molecule has 132 valence electrons. The highest BCUT2D eigenvalue weighted by molar-refractivity contribution is 5.76. The van der Waals surface area contributed by atoms with Crippen LogP contribution in [-0.4, -0.2) is 26.2 Å². The lowest BCUT2D eigenvalue weighted by molar-refractivity contribution is -0.121. The van der Waals surface area contributed by atoms with Gasteiger partial charge in [-0.1, -0.05) is 18.2 Å². The molecule has 0 spiro atoms. The fourth-order valence-electron chi connectivity index (χ4n) is 2.78. The minimum atomic E-state index is -0.0841. The van der Waals surface area contributed by atoms with Crippen molar-refractivity contribution in [1.29, 1.82) is 0 Å². The van der Waals surface area contributed by atoms with E-state index >= 15 is 0 Å². The molecule has 0 bridgehead atoms. The predicted molar refractivity (Wildman–Crippen MR) is 95.3 cm³/mol. The van der Waals surface area contributed by atoms with Crippen LogP contribution in [0.5, 0.6) is 17.2 Å². The van der Waals surface area contributed by atoms with Crippen LogP contribution in [0, 0.1) is 0 Å². The average molecular weight is 341 g/mol. The smallest absolute Gasteiger partial charge is 0.220 e. The van der Waals surface area contributed by atoms with Crippen LogP contribution >= 0.6 is 0 Å². The SMILES string of the molecule is COc1ccc(CCC(=O)NC(C)c2ccc3c(c2)OCCO3)cc1. The molecule has 2 aromatic carbocycles. The Morgan fingerprint density at radius 3 is 2.56 bits per heavy atom. The van der Waals surface area contributed by atoms with Gasteiger partial charge < -0.3 is 19.5 Å². The van der Waals surface area contributed by atoms with Crippen LogP contribution in [0.1, 0.15) is 30.5 Å². The summed E-state index contributed by atoms with van der Waals surface area (Å²) in [6, 6.07) is 13.5. The van der Waals surface area contributed by atoms with E-state index < -0.39 is 0 Å². The second kappa shape index (κ2) is 7.92. The van der Waals surface area contributed by atoms with Gasteiger partial charge in [0.05, 0.1) is 13.2 Å². The standard InChI is InChI=1S/C20H23NO4/c1-14(16-6-9-18-19(13-16)25-12-11-24-18)21-20(22)10-5-15-3-7-17(23-2)8-4-15/h3-4,6-9,13-14H,5,10-12H2,1-2H3,(H,21,22). The lowest BCUT2D eigenvalue weighted by Crippen LogP contribution is -2.27. The summed E-state index contributed by atoms with van der Waals surface area (Å²) < 4.78 is 16.3. The van der Waals surface area contributed by atoms with Gasteiger partial charge in [-0.3, -0.25) is 4.79 Å². The van der Waals surface area contributed by atoms with Crippen molar-refractivity contribution in [3.8, 4) is 17.2 Å². The molecule has 1 atom stereocenters. The molecule has 1 amide bonds. The van der Waals surface area contributed by atoms with Gasteiger partial charge in [-0.2, -0.15) is 0 Å². The first-order chi connectivity index (χ1) is 12.2. The van der Waals surface area contributed by atoms with Gasteiger partial charge in [-0.15, -0.1) is 0 Å². The summed E-state index contributed by atoms with van der Waals surface area (Å²) in [4.78, 5) is 12.2. The quantitative estimate of drug-likeness (QED) is 0.876. The van der Waals surface area contributed by atoms with Crippen molar-refractivity contribution in [1.82, 2.24) is 5.32 Å². The highest BCUT2D eigenvalue weighted by atomic mass is 16.6. The van der Waals surface area contributed by atoms with Crippen LogP contribution in [-0.2, 0) is 11.2 Å². The van der Waals surface area contributed by atoms with Crippen molar-refractivity contribution in [3.63, 3.8) is 0 Å². The van der Waals surface area contributed by atoms with Crippen LogP contribution in [0.2, 0.25) is 0 Å². The van der Waals surface area contributed by atoms with E-state index in [0.717, 1.165) is 28.4 Å². The molecule has 0 aliphatic carbocycles. The number of nitrogens with one attached hydrogen (secondary N) is 1. The van der Waals surface area contributed by atoms with Gasteiger partial charge in [0, 0.05) is 6.42 Å². The second-order valence-corrected chi connectivity index (χ2v) is 6.04. The van der Waals surface area contributed by atoms with Gasteiger partial charge in [0.15, 0.2) is 11.5 Å². The van der Waals surface area contributed by atoms with Gasteiger partial charge >= 0.3 is 0 Å². The Hall–Kier alpha value is -2.69. The maximum atomic E-state index is 12.2. The molecule has 0 radical (unpaired) electrons. The Bertz CT molecular complexity index is 727. The van der Waals surface area contributed by atoms with E-state index in [1.54, 1.807) is 7.11 Å². The molecule has 0 saturated heterocycles. The molecular weight excluding hydrogens is 318 g/mol. The second-order valence-electron chi connectivity index (χ2n) is 6.04. The number of hydrogen-bond acceptors (Lipinski definition) is 4. The third kappa shape index (κ3) is 4.44. The van der Waals surface area contributed by atoms with Crippen molar-refractivity contribution < 1.29 is 19.0 Å². The van der Waals surface area contributed by atoms with Crippen molar-refractivity contribution >= 4 is 5.91 Å². The van der Waals surface area contributed by atoms with Crippen molar-refractivity contribution in [2.24, 2.45) is 0 Å². The summed E-state index contributed by atoms with van der Waals surface area (Å²) in [5.41, 5.74) is 2.12. The third-order valence-electron chi connectivity index (χ3n) is 4.24. The molecule has 0 saturated carbocycles. The first kappa shape index (κ1) is 17.1. The molecule has 1 N–H and O–H groups in total. The minimum absolute atomic E-state index is 0.0261. The minimum Gasteiger partial charge on any atom is -0.497 e. The highest BCUT2D eigenvalue weighted by Gasteiger charge is 2.15. The first-order valence-electron chi connectivity index (χ1n) is 8.47. The van der Waals surface area contributed by atoms with Crippen LogP contribution in [0.25, 0.3) is 0 Å². The highest BCUT2D eigenvalue weighted by Crippen LogP contribution is 2.32. The maximum absolute atomic E-state index is 12.2. The number of amides is 1. The zero-order chi connectivity index (χ0) is 17.6. The zero-order valence-electron chi connectivity index (χ0n) is 14.6. The molecule has 5 heteroatoms. The topological polar surface area (TPSA) is 56.8 Å². The van der Waals surface area contributed by atoms with Crippen LogP contribution in [0.15, 0.2) is 42.5 Å². The van der Waals surface area contributed by atoms with E-state index in [4.69, 9.17) is 14.2 Å².